The zero-order valence-corrected chi connectivity index (χ0v) is 11.6. The Kier molecular flexibility index (Phi) is 7.64. The molecule has 1 unspecified atom stereocenters. The molecule has 4 nitrogen and oxygen atoms in total. The Morgan fingerprint density at radius 2 is 2.18 bits per heavy atom. The predicted octanol–water partition coefficient (Wildman–Crippen LogP) is 1.01. The van der Waals surface area contributed by atoms with E-state index in [1.807, 2.05) is 11.8 Å². The van der Waals surface area contributed by atoms with Gasteiger partial charge in [0.15, 0.2) is 0 Å². The van der Waals surface area contributed by atoms with Crippen molar-refractivity contribution in [2.45, 2.75) is 38.8 Å². The van der Waals surface area contributed by atoms with Crippen molar-refractivity contribution < 1.29 is 9.53 Å². The van der Waals surface area contributed by atoms with Gasteiger partial charge in [-0.25, -0.2) is 0 Å². The first kappa shape index (κ1) is 14.8. The maximum absolute atomic E-state index is 11.7. The third-order valence-corrected chi connectivity index (χ3v) is 3.91. The SMILES string of the molecule is CCSCC(C)NCC(=O)NC1CCOCC1. The van der Waals surface area contributed by atoms with E-state index in [1.54, 1.807) is 0 Å². The molecule has 100 valence electrons. The van der Waals surface area contributed by atoms with Crippen LogP contribution in [0.2, 0.25) is 0 Å². The first-order valence-corrected chi connectivity index (χ1v) is 7.56. The van der Waals surface area contributed by atoms with Crippen LogP contribution in [0, 0.1) is 0 Å². The molecule has 0 bridgehead atoms. The van der Waals surface area contributed by atoms with Gasteiger partial charge in [-0.1, -0.05) is 6.92 Å². The van der Waals surface area contributed by atoms with Gasteiger partial charge in [-0.15, -0.1) is 0 Å². The summed E-state index contributed by atoms with van der Waals surface area (Å²) < 4.78 is 5.25. The van der Waals surface area contributed by atoms with Gasteiger partial charge in [0.25, 0.3) is 0 Å². The van der Waals surface area contributed by atoms with Crippen LogP contribution in [0.5, 0.6) is 0 Å². The molecule has 1 atom stereocenters. The summed E-state index contributed by atoms with van der Waals surface area (Å²) in [5.41, 5.74) is 0. The number of carbonyl (C=O) groups is 1. The second kappa shape index (κ2) is 8.78. The predicted molar refractivity (Wildman–Crippen MR) is 72.4 cm³/mol. The van der Waals surface area contributed by atoms with Gasteiger partial charge in [-0.3, -0.25) is 4.79 Å². The van der Waals surface area contributed by atoms with Gasteiger partial charge < -0.3 is 15.4 Å². The molecule has 1 rings (SSSR count). The lowest BCUT2D eigenvalue weighted by molar-refractivity contribution is -0.121. The summed E-state index contributed by atoms with van der Waals surface area (Å²) >= 11 is 1.89. The fraction of sp³-hybridized carbons (Fsp3) is 0.917. The highest BCUT2D eigenvalue weighted by Crippen LogP contribution is 2.05. The number of hydrogen-bond acceptors (Lipinski definition) is 4. The van der Waals surface area contributed by atoms with Crippen LogP contribution >= 0.6 is 11.8 Å². The Balaban J connectivity index is 2.07. The largest absolute Gasteiger partial charge is 0.381 e. The van der Waals surface area contributed by atoms with E-state index in [0.717, 1.165) is 37.6 Å². The van der Waals surface area contributed by atoms with Crippen molar-refractivity contribution in [1.82, 2.24) is 10.6 Å². The van der Waals surface area contributed by atoms with Gasteiger partial charge in [-0.05, 0) is 25.5 Å². The second-order valence-corrected chi connectivity index (χ2v) is 5.71. The Bertz CT molecular complexity index is 221. The van der Waals surface area contributed by atoms with Crippen LogP contribution in [-0.4, -0.2) is 49.3 Å². The fourth-order valence-electron chi connectivity index (χ4n) is 1.74. The number of ether oxygens (including phenoxy) is 1. The molecule has 1 amide bonds. The van der Waals surface area contributed by atoms with Gasteiger partial charge in [0, 0.05) is 31.1 Å². The minimum Gasteiger partial charge on any atom is -0.381 e. The van der Waals surface area contributed by atoms with Gasteiger partial charge >= 0.3 is 0 Å². The third kappa shape index (κ3) is 6.91. The Labute approximate surface area is 108 Å². The van der Waals surface area contributed by atoms with E-state index in [4.69, 9.17) is 4.74 Å². The number of rotatable bonds is 7. The van der Waals surface area contributed by atoms with E-state index in [-0.39, 0.29) is 5.91 Å². The third-order valence-electron chi connectivity index (χ3n) is 2.77. The van der Waals surface area contributed by atoms with Crippen molar-refractivity contribution in [1.29, 1.82) is 0 Å². The molecular weight excluding hydrogens is 236 g/mol. The smallest absolute Gasteiger partial charge is 0.234 e. The highest BCUT2D eigenvalue weighted by molar-refractivity contribution is 7.99. The van der Waals surface area contributed by atoms with Gasteiger partial charge in [0.2, 0.25) is 5.91 Å². The molecule has 2 N–H and O–H groups in total. The highest BCUT2D eigenvalue weighted by atomic mass is 32.2. The first-order valence-electron chi connectivity index (χ1n) is 6.40. The first-order chi connectivity index (χ1) is 8.22. The molecule has 0 spiro atoms. The van der Waals surface area contributed by atoms with E-state index in [1.165, 1.54) is 0 Å². The van der Waals surface area contributed by atoms with Crippen molar-refractivity contribution in [2.24, 2.45) is 0 Å². The molecule has 0 aromatic rings. The summed E-state index contributed by atoms with van der Waals surface area (Å²) in [7, 11) is 0. The molecule has 1 aliphatic rings. The van der Waals surface area contributed by atoms with E-state index in [9.17, 15) is 4.79 Å². The maximum Gasteiger partial charge on any atom is 0.234 e. The molecule has 0 radical (unpaired) electrons. The van der Waals surface area contributed by atoms with Crippen molar-refractivity contribution >= 4 is 17.7 Å². The van der Waals surface area contributed by atoms with E-state index in [2.05, 4.69) is 24.5 Å². The molecule has 1 fully saturated rings. The van der Waals surface area contributed by atoms with Crippen LogP contribution in [-0.2, 0) is 9.53 Å². The summed E-state index contributed by atoms with van der Waals surface area (Å²) in [5.74, 6) is 2.28. The van der Waals surface area contributed by atoms with Crippen LogP contribution in [0.1, 0.15) is 26.7 Å². The van der Waals surface area contributed by atoms with Gasteiger partial charge in [-0.2, -0.15) is 11.8 Å². The Hall–Kier alpha value is -0.260. The van der Waals surface area contributed by atoms with Crippen molar-refractivity contribution in [3.05, 3.63) is 0 Å². The number of amides is 1. The second-order valence-electron chi connectivity index (χ2n) is 4.40. The lowest BCUT2D eigenvalue weighted by Crippen LogP contribution is -2.45. The fourth-order valence-corrected chi connectivity index (χ4v) is 2.45. The summed E-state index contributed by atoms with van der Waals surface area (Å²) in [6, 6.07) is 0.693. The molecule has 5 heteroatoms. The minimum atomic E-state index is 0.102. The zero-order chi connectivity index (χ0) is 12.5. The topological polar surface area (TPSA) is 50.4 Å². The molecule has 1 heterocycles. The average molecular weight is 260 g/mol. The van der Waals surface area contributed by atoms with Crippen LogP contribution in [0.3, 0.4) is 0 Å². The van der Waals surface area contributed by atoms with Crippen LogP contribution in [0.25, 0.3) is 0 Å². The van der Waals surface area contributed by atoms with Gasteiger partial charge in [0.1, 0.15) is 0 Å². The molecule has 0 aromatic carbocycles. The number of carbonyl (C=O) groups excluding carboxylic acids is 1. The number of hydrogen-bond donors (Lipinski definition) is 2. The van der Waals surface area contributed by atoms with E-state index < -0.39 is 0 Å². The van der Waals surface area contributed by atoms with E-state index >= 15 is 0 Å². The minimum absolute atomic E-state index is 0.102. The molecule has 0 saturated carbocycles. The number of thioether (sulfide) groups is 1. The summed E-state index contributed by atoms with van der Waals surface area (Å²) in [4.78, 5) is 11.7. The Morgan fingerprint density at radius 1 is 1.47 bits per heavy atom. The van der Waals surface area contributed by atoms with Crippen LogP contribution in [0.4, 0.5) is 0 Å². The van der Waals surface area contributed by atoms with Crippen LogP contribution < -0.4 is 10.6 Å². The van der Waals surface area contributed by atoms with Crippen molar-refractivity contribution in [3.63, 3.8) is 0 Å². The molecule has 0 aromatic heterocycles. The number of nitrogens with one attached hydrogen (secondary N) is 2. The molecule has 1 aliphatic heterocycles. The summed E-state index contributed by atoms with van der Waals surface area (Å²) in [5, 5.41) is 6.28. The summed E-state index contributed by atoms with van der Waals surface area (Å²) in [6.45, 7) is 6.21. The van der Waals surface area contributed by atoms with Gasteiger partial charge in [0.05, 0.1) is 6.54 Å². The standard InChI is InChI=1S/C12H24N2O2S/c1-3-17-9-10(2)13-8-12(15)14-11-4-6-16-7-5-11/h10-11,13H,3-9H2,1-2H3,(H,14,15). The lowest BCUT2D eigenvalue weighted by Gasteiger charge is -2.23. The lowest BCUT2D eigenvalue weighted by atomic mass is 10.1. The molecule has 0 aliphatic carbocycles. The highest BCUT2D eigenvalue weighted by Gasteiger charge is 2.15. The monoisotopic (exact) mass is 260 g/mol. The molecular formula is C12H24N2O2S. The quantitative estimate of drug-likeness (QED) is 0.717. The molecule has 17 heavy (non-hydrogen) atoms. The van der Waals surface area contributed by atoms with Crippen LogP contribution in [0.15, 0.2) is 0 Å². The van der Waals surface area contributed by atoms with E-state index in [0.29, 0.717) is 18.6 Å². The average Bonchev–Trinajstić information content (AvgIpc) is 2.35. The Morgan fingerprint density at radius 3 is 2.82 bits per heavy atom. The van der Waals surface area contributed by atoms with Crippen molar-refractivity contribution in [3.8, 4) is 0 Å². The maximum atomic E-state index is 11.7. The zero-order valence-electron chi connectivity index (χ0n) is 10.8. The van der Waals surface area contributed by atoms with Crippen molar-refractivity contribution in [2.75, 3.05) is 31.3 Å². The summed E-state index contributed by atoms with van der Waals surface area (Å²) in [6.07, 6.45) is 1.87. The normalized spacial score (nSPS) is 18.9. The molecule has 1 saturated heterocycles.